The van der Waals surface area contributed by atoms with Gasteiger partial charge in [-0.25, -0.2) is 16.3 Å². The molecule has 3 heterocycles. The number of benzene rings is 1. The molecule has 0 atom stereocenters. The molecule has 8 nitrogen and oxygen atoms in total. The monoisotopic (exact) mass is 499 g/mol. The number of amides is 2. The molecule has 2 aromatic rings. The van der Waals surface area contributed by atoms with Crippen molar-refractivity contribution in [3.05, 3.63) is 59.2 Å². The van der Waals surface area contributed by atoms with Crippen LogP contribution in [0.5, 0.6) is 5.75 Å². The Morgan fingerprint density at radius 3 is 2.58 bits per heavy atom. The number of anilines is 2. The van der Waals surface area contributed by atoms with Crippen molar-refractivity contribution in [1.29, 1.82) is 0 Å². The van der Waals surface area contributed by atoms with Gasteiger partial charge in [-0.1, -0.05) is 32.0 Å². The fraction of sp³-hybridized carbons (Fsp3) is 0.500. The molecule has 1 aromatic heterocycles. The number of para-hydroxylation sites is 1. The third kappa shape index (κ3) is 5.27. The van der Waals surface area contributed by atoms with E-state index in [0.717, 1.165) is 11.3 Å². The summed E-state index contributed by atoms with van der Waals surface area (Å²) in [6, 6.07) is 8.50. The molecule has 2 saturated heterocycles. The molecular formula is C26H31F2N5O3. The molecule has 2 aliphatic heterocycles. The highest BCUT2D eigenvalue weighted by Crippen LogP contribution is 2.36. The molecule has 0 aliphatic carbocycles. The van der Waals surface area contributed by atoms with Crippen molar-refractivity contribution in [1.82, 2.24) is 9.88 Å². The normalized spacial score (nSPS) is 17.9. The Hall–Kier alpha value is -3.29. The van der Waals surface area contributed by atoms with E-state index in [4.69, 9.17) is 11.3 Å². The second-order valence-corrected chi connectivity index (χ2v) is 9.52. The van der Waals surface area contributed by atoms with Gasteiger partial charge in [0.2, 0.25) is 0 Å². The number of likely N-dealkylation sites (tertiary alicyclic amines) is 1. The lowest BCUT2D eigenvalue weighted by atomic mass is 9.95. The van der Waals surface area contributed by atoms with E-state index < -0.39 is 18.3 Å². The summed E-state index contributed by atoms with van der Waals surface area (Å²) in [7, 11) is 0. The maximum absolute atomic E-state index is 13.8. The summed E-state index contributed by atoms with van der Waals surface area (Å²) in [5, 5.41) is 2.76. The lowest BCUT2D eigenvalue weighted by molar-refractivity contribution is -0.120. The molecule has 0 radical (unpaired) electrons. The van der Waals surface area contributed by atoms with Crippen molar-refractivity contribution in [3.63, 3.8) is 0 Å². The Labute approximate surface area is 210 Å². The number of halogens is 2. The van der Waals surface area contributed by atoms with Gasteiger partial charge < -0.3 is 14.8 Å². The zero-order valence-corrected chi connectivity index (χ0v) is 20.7. The summed E-state index contributed by atoms with van der Waals surface area (Å²) in [5.74, 6) is 0.0228. The van der Waals surface area contributed by atoms with Gasteiger partial charge >= 0.3 is 18.3 Å². The number of carbonyl (C=O) groups excluding carboxylic acids is 1. The number of hydrogen-bond donors (Lipinski definition) is 1. The van der Waals surface area contributed by atoms with Gasteiger partial charge in [0.1, 0.15) is 18.9 Å². The number of carbonyl (C=O) groups is 1. The first-order valence-corrected chi connectivity index (χ1v) is 12.1. The number of aromatic nitrogens is 1. The van der Waals surface area contributed by atoms with Crippen LogP contribution >= 0.6 is 0 Å². The second kappa shape index (κ2) is 10.8. The lowest BCUT2D eigenvalue weighted by Crippen LogP contribution is -2.63. The Morgan fingerprint density at radius 1 is 1.31 bits per heavy atom. The zero-order valence-electron chi connectivity index (χ0n) is 20.7. The van der Waals surface area contributed by atoms with Crippen molar-refractivity contribution >= 4 is 17.4 Å². The predicted octanol–water partition coefficient (Wildman–Crippen LogP) is 5.26. The van der Waals surface area contributed by atoms with Crippen molar-refractivity contribution in [2.75, 3.05) is 36.5 Å². The van der Waals surface area contributed by atoms with Crippen LogP contribution in [0.2, 0.25) is 0 Å². The van der Waals surface area contributed by atoms with E-state index in [1.54, 1.807) is 11.8 Å². The van der Waals surface area contributed by atoms with Gasteiger partial charge in [-0.3, -0.25) is 14.7 Å². The number of nitrogens with zero attached hydrogens (tertiary/aromatic N) is 4. The third-order valence-corrected chi connectivity index (χ3v) is 6.79. The van der Waals surface area contributed by atoms with E-state index in [-0.39, 0.29) is 23.4 Å². The van der Waals surface area contributed by atoms with Crippen LogP contribution in [-0.4, -0.2) is 60.5 Å². The van der Waals surface area contributed by atoms with E-state index in [9.17, 15) is 13.6 Å². The summed E-state index contributed by atoms with van der Waals surface area (Å²) < 4.78 is 36.0. The minimum Gasteiger partial charge on any atom is -0.432 e. The van der Waals surface area contributed by atoms with E-state index in [1.807, 2.05) is 24.3 Å². The molecule has 36 heavy (non-hydrogen) atoms. The highest BCUT2D eigenvalue weighted by molar-refractivity contribution is 6.03. The van der Waals surface area contributed by atoms with Gasteiger partial charge in [0.05, 0.1) is 6.20 Å². The van der Waals surface area contributed by atoms with Crippen LogP contribution in [0.15, 0.2) is 36.5 Å². The van der Waals surface area contributed by atoms with Crippen LogP contribution in [-0.2, 0) is 4.74 Å². The molecule has 1 N–H and O–H groups in total. The number of ether oxygens (including phenoxy) is 2. The van der Waals surface area contributed by atoms with Gasteiger partial charge in [0, 0.05) is 36.6 Å². The molecule has 1 aromatic carbocycles. The average Bonchev–Trinajstić information content (AvgIpc) is 2.81. The van der Waals surface area contributed by atoms with Crippen molar-refractivity contribution < 1.29 is 23.0 Å². The maximum atomic E-state index is 13.8. The maximum Gasteiger partial charge on any atom is 0.387 e. The molecule has 2 amide bonds. The van der Waals surface area contributed by atoms with E-state index in [0.29, 0.717) is 44.8 Å². The lowest BCUT2D eigenvalue weighted by Gasteiger charge is -2.45. The van der Waals surface area contributed by atoms with Gasteiger partial charge in [-0.05, 0) is 37.3 Å². The van der Waals surface area contributed by atoms with Crippen LogP contribution in [0.1, 0.15) is 43.9 Å². The number of rotatable bonds is 7. The molecule has 4 rings (SSSR count). The molecule has 2 aliphatic rings. The molecule has 0 saturated carbocycles. The summed E-state index contributed by atoms with van der Waals surface area (Å²) >= 11 is 0. The van der Waals surface area contributed by atoms with Crippen molar-refractivity contribution in [2.45, 2.75) is 57.8 Å². The topological polar surface area (TPSA) is 71.3 Å². The predicted molar refractivity (Wildman–Crippen MR) is 132 cm³/mol. The van der Waals surface area contributed by atoms with Crippen LogP contribution in [0.25, 0.3) is 4.85 Å². The van der Waals surface area contributed by atoms with Crippen molar-refractivity contribution in [3.8, 4) is 5.75 Å². The van der Waals surface area contributed by atoms with Gasteiger partial charge in [-0.2, -0.15) is 8.78 Å². The summed E-state index contributed by atoms with van der Waals surface area (Å²) in [6.45, 7) is 12.5. The SMILES string of the molecule is [C-]#[N+]C1(N2CCC(N(C(=O)Nc3cnc(C)cc3OC(F)F)c3ccccc3C(C)C)CC2)COC1. The number of hydrogen-bond acceptors (Lipinski definition) is 5. The number of aryl methyl sites for hydroxylation is 1. The Bertz CT molecular complexity index is 1120. The quantitative estimate of drug-likeness (QED) is 0.526. The van der Waals surface area contributed by atoms with E-state index >= 15 is 0 Å². The van der Waals surface area contributed by atoms with Crippen molar-refractivity contribution in [2.24, 2.45) is 0 Å². The number of piperidine rings is 1. The Balaban J connectivity index is 1.63. The summed E-state index contributed by atoms with van der Waals surface area (Å²) in [6.07, 6.45) is 2.64. The standard InChI is InChI=1S/C26H31F2N5O3/c1-17(2)20-7-5-6-8-22(20)33(19-9-11-32(12-10-19)26(29-4)15-35-16-26)25(34)31-21-14-30-18(3)13-23(21)36-24(27)28/h5-8,13-14,17,19,24H,9-12,15-16H2,1-3H3,(H,31,34). The van der Waals surface area contributed by atoms with Gasteiger partial charge in [0.25, 0.3) is 0 Å². The molecular weight excluding hydrogens is 468 g/mol. The molecule has 192 valence electrons. The molecule has 10 heteroatoms. The number of urea groups is 1. The minimum atomic E-state index is -3.03. The first-order chi connectivity index (χ1) is 17.2. The van der Waals surface area contributed by atoms with E-state index in [1.165, 1.54) is 12.3 Å². The van der Waals surface area contributed by atoms with Crippen LogP contribution in [0.4, 0.5) is 25.0 Å². The van der Waals surface area contributed by atoms with Gasteiger partial charge in [-0.15, -0.1) is 0 Å². The first-order valence-electron chi connectivity index (χ1n) is 12.1. The summed E-state index contributed by atoms with van der Waals surface area (Å²) in [4.78, 5) is 25.6. The van der Waals surface area contributed by atoms with Crippen LogP contribution < -0.4 is 15.0 Å². The van der Waals surface area contributed by atoms with Crippen LogP contribution in [0.3, 0.4) is 0 Å². The minimum absolute atomic E-state index is 0.0777. The highest BCUT2D eigenvalue weighted by atomic mass is 19.3. The third-order valence-electron chi connectivity index (χ3n) is 6.79. The van der Waals surface area contributed by atoms with Crippen LogP contribution in [0, 0.1) is 13.5 Å². The van der Waals surface area contributed by atoms with Gasteiger partial charge in [0.15, 0.2) is 5.75 Å². The molecule has 2 fully saturated rings. The highest BCUT2D eigenvalue weighted by Gasteiger charge is 2.52. The Morgan fingerprint density at radius 2 is 2.00 bits per heavy atom. The largest absolute Gasteiger partial charge is 0.432 e. The molecule has 0 bridgehead atoms. The Kier molecular flexibility index (Phi) is 7.71. The second-order valence-electron chi connectivity index (χ2n) is 9.52. The van der Waals surface area contributed by atoms with E-state index in [2.05, 4.69) is 38.6 Å². The number of alkyl halides is 2. The molecule has 0 unspecified atom stereocenters. The molecule has 0 spiro atoms. The zero-order chi connectivity index (χ0) is 25.9. The fourth-order valence-electron chi connectivity index (χ4n) is 4.81. The number of nitrogens with one attached hydrogen (secondary N) is 1. The summed E-state index contributed by atoms with van der Waals surface area (Å²) in [5.41, 5.74) is 1.74. The fourth-order valence-corrected chi connectivity index (χ4v) is 4.81. The average molecular weight is 500 g/mol. The first kappa shape index (κ1) is 25.8. The number of pyridine rings is 1. The smallest absolute Gasteiger partial charge is 0.387 e.